The van der Waals surface area contributed by atoms with E-state index in [0.29, 0.717) is 33.9 Å². The number of ether oxygens (including phenoxy) is 1. The standard InChI is InChI=1S/C28H39ClN4O3S/c1-8-33-24-17(3)20(26(34)30-15-21-23(37-7)13-16(2)31-27(21)35)14-22(29)25(24)36-28(33,4)18-9-11-19(12-10-18)32(5)6/h13-14,18-19H,8-12,15H2,1-7H3,(H,30,34)(H,31,35). The Bertz CT molecular complexity index is 1240. The van der Waals surface area contributed by atoms with Gasteiger partial charge in [0.2, 0.25) is 0 Å². The Hall–Kier alpha value is -2.16. The monoisotopic (exact) mass is 546 g/mol. The van der Waals surface area contributed by atoms with Crippen LogP contribution >= 0.6 is 23.4 Å². The molecule has 37 heavy (non-hydrogen) atoms. The van der Waals surface area contributed by atoms with Gasteiger partial charge in [-0.15, -0.1) is 11.8 Å². The summed E-state index contributed by atoms with van der Waals surface area (Å²) in [6, 6.07) is 4.23. The van der Waals surface area contributed by atoms with Gasteiger partial charge in [0.1, 0.15) is 0 Å². The highest BCUT2D eigenvalue weighted by Crippen LogP contribution is 2.53. The molecule has 0 bridgehead atoms. The number of aryl methyl sites for hydroxylation is 1. The lowest BCUT2D eigenvalue weighted by Crippen LogP contribution is -2.54. The van der Waals surface area contributed by atoms with Crippen molar-refractivity contribution in [1.29, 1.82) is 0 Å². The van der Waals surface area contributed by atoms with E-state index in [1.165, 1.54) is 11.8 Å². The molecule has 1 aromatic heterocycles. The fraction of sp³-hybridized carbons (Fsp3) is 0.571. The quantitative estimate of drug-likeness (QED) is 0.456. The van der Waals surface area contributed by atoms with Crippen LogP contribution in [0.2, 0.25) is 5.02 Å². The van der Waals surface area contributed by atoms with E-state index in [1.807, 2.05) is 26.2 Å². The smallest absolute Gasteiger partial charge is 0.254 e. The molecule has 2 N–H and O–H groups in total. The summed E-state index contributed by atoms with van der Waals surface area (Å²) in [4.78, 5) is 34.2. The number of nitrogens with one attached hydrogen (secondary N) is 2. The summed E-state index contributed by atoms with van der Waals surface area (Å²) in [5, 5.41) is 3.38. The van der Waals surface area contributed by atoms with Crippen molar-refractivity contribution >= 4 is 35.0 Å². The van der Waals surface area contributed by atoms with Crippen molar-refractivity contribution in [3.63, 3.8) is 0 Å². The molecule has 1 amide bonds. The average molecular weight is 547 g/mol. The van der Waals surface area contributed by atoms with Crippen LogP contribution < -0.4 is 20.5 Å². The van der Waals surface area contributed by atoms with Gasteiger partial charge in [0, 0.05) is 46.8 Å². The first-order valence-electron chi connectivity index (χ1n) is 13.0. The number of aromatic nitrogens is 1. The van der Waals surface area contributed by atoms with Crippen molar-refractivity contribution in [2.24, 2.45) is 5.92 Å². The molecule has 2 heterocycles. The molecule has 1 aromatic carbocycles. The van der Waals surface area contributed by atoms with E-state index in [2.05, 4.69) is 48.0 Å². The van der Waals surface area contributed by atoms with Gasteiger partial charge in [0.25, 0.3) is 11.5 Å². The number of hydrogen-bond acceptors (Lipinski definition) is 6. The third-order valence-electron chi connectivity index (χ3n) is 8.20. The zero-order valence-electron chi connectivity index (χ0n) is 23.0. The van der Waals surface area contributed by atoms with E-state index in [1.54, 1.807) is 6.07 Å². The Morgan fingerprint density at radius 2 is 1.95 bits per heavy atom. The predicted molar refractivity (Wildman–Crippen MR) is 152 cm³/mol. The first kappa shape index (κ1) is 27.9. The SMILES string of the molecule is CCN1c2c(C)c(C(=O)NCc3c(SC)cc(C)[nH]c3=O)cc(Cl)c2OC1(C)C1CCC(N(C)C)CC1. The zero-order valence-corrected chi connectivity index (χ0v) is 24.5. The number of nitrogens with zero attached hydrogens (tertiary/aromatic N) is 2. The maximum atomic E-state index is 13.4. The van der Waals surface area contributed by atoms with Gasteiger partial charge in [0.05, 0.1) is 10.7 Å². The number of halogens is 1. The number of anilines is 1. The Labute approximate surface area is 229 Å². The molecule has 1 atom stereocenters. The van der Waals surface area contributed by atoms with Gasteiger partial charge in [-0.1, -0.05) is 11.6 Å². The van der Waals surface area contributed by atoms with Gasteiger partial charge in [-0.3, -0.25) is 9.59 Å². The van der Waals surface area contributed by atoms with E-state index < -0.39 is 5.72 Å². The van der Waals surface area contributed by atoms with Crippen LogP contribution in [-0.2, 0) is 6.54 Å². The van der Waals surface area contributed by atoms with Crippen LogP contribution in [-0.4, -0.2) is 54.5 Å². The number of benzene rings is 1. The Kier molecular flexibility index (Phi) is 8.22. The minimum Gasteiger partial charge on any atom is -0.464 e. The number of carbonyl (C=O) groups is 1. The fourth-order valence-electron chi connectivity index (χ4n) is 6.06. The summed E-state index contributed by atoms with van der Waals surface area (Å²) in [6.45, 7) is 8.98. The molecule has 202 valence electrons. The molecule has 4 rings (SSSR count). The average Bonchev–Trinajstić information content (AvgIpc) is 3.19. The van der Waals surface area contributed by atoms with Gasteiger partial charge in [-0.2, -0.15) is 0 Å². The summed E-state index contributed by atoms with van der Waals surface area (Å²) in [5.41, 5.74) is 2.89. The maximum Gasteiger partial charge on any atom is 0.254 e. The third kappa shape index (κ3) is 5.12. The van der Waals surface area contributed by atoms with E-state index in [9.17, 15) is 9.59 Å². The molecular weight excluding hydrogens is 508 g/mol. The van der Waals surface area contributed by atoms with Crippen LogP contribution in [0.4, 0.5) is 5.69 Å². The number of amides is 1. The number of fused-ring (bicyclic) bond motifs is 1. The molecule has 1 aliphatic carbocycles. The molecule has 1 fully saturated rings. The number of pyridine rings is 1. The zero-order chi connectivity index (χ0) is 27.1. The molecule has 1 saturated carbocycles. The molecule has 0 spiro atoms. The normalized spacial score (nSPS) is 23.2. The van der Waals surface area contributed by atoms with Crippen LogP contribution in [0.5, 0.6) is 5.75 Å². The van der Waals surface area contributed by atoms with Crippen molar-refractivity contribution in [2.75, 3.05) is 31.8 Å². The van der Waals surface area contributed by atoms with Crippen LogP contribution in [0.1, 0.15) is 66.7 Å². The van der Waals surface area contributed by atoms with Gasteiger partial charge in [-0.05, 0) is 91.4 Å². The summed E-state index contributed by atoms with van der Waals surface area (Å²) in [5.74, 6) is 0.766. The molecule has 7 nitrogen and oxygen atoms in total. The van der Waals surface area contributed by atoms with Crippen LogP contribution in [0, 0.1) is 19.8 Å². The Balaban J connectivity index is 1.60. The molecule has 2 aromatic rings. The highest BCUT2D eigenvalue weighted by molar-refractivity contribution is 7.98. The van der Waals surface area contributed by atoms with Crippen molar-refractivity contribution in [3.8, 4) is 5.75 Å². The lowest BCUT2D eigenvalue weighted by Gasteiger charge is -2.44. The van der Waals surface area contributed by atoms with E-state index in [4.69, 9.17) is 16.3 Å². The lowest BCUT2D eigenvalue weighted by molar-refractivity contribution is 0.0123. The minimum absolute atomic E-state index is 0.138. The van der Waals surface area contributed by atoms with Gasteiger partial charge < -0.3 is 24.8 Å². The molecule has 1 aliphatic heterocycles. The molecular formula is C28H39ClN4O3S. The largest absolute Gasteiger partial charge is 0.464 e. The second-order valence-electron chi connectivity index (χ2n) is 10.6. The van der Waals surface area contributed by atoms with E-state index in [-0.39, 0.29) is 18.0 Å². The summed E-state index contributed by atoms with van der Waals surface area (Å²) in [7, 11) is 4.30. The highest BCUT2D eigenvalue weighted by Gasteiger charge is 2.50. The summed E-state index contributed by atoms with van der Waals surface area (Å²) >= 11 is 8.25. The van der Waals surface area contributed by atoms with Crippen molar-refractivity contribution in [1.82, 2.24) is 15.2 Å². The third-order valence-corrected chi connectivity index (χ3v) is 9.28. The number of thioether (sulfide) groups is 1. The van der Waals surface area contributed by atoms with Crippen molar-refractivity contribution in [2.45, 2.75) is 76.6 Å². The lowest BCUT2D eigenvalue weighted by atomic mass is 9.79. The first-order chi connectivity index (χ1) is 17.5. The highest BCUT2D eigenvalue weighted by atomic mass is 35.5. The van der Waals surface area contributed by atoms with Crippen molar-refractivity contribution in [3.05, 3.63) is 49.9 Å². The van der Waals surface area contributed by atoms with Gasteiger partial charge in [-0.25, -0.2) is 0 Å². The van der Waals surface area contributed by atoms with Crippen LogP contribution in [0.3, 0.4) is 0 Å². The Morgan fingerprint density at radius 1 is 1.27 bits per heavy atom. The topological polar surface area (TPSA) is 77.7 Å². The first-order valence-corrected chi connectivity index (χ1v) is 14.6. The molecule has 9 heteroatoms. The van der Waals surface area contributed by atoms with Crippen LogP contribution in [0.25, 0.3) is 0 Å². The van der Waals surface area contributed by atoms with Gasteiger partial charge in [0.15, 0.2) is 11.5 Å². The minimum atomic E-state index is -0.514. The second kappa shape index (κ2) is 10.9. The maximum absolute atomic E-state index is 13.4. The fourth-order valence-corrected chi connectivity index (χ4v) is 7.00. The van der Waals surface area contributed by atoms with Crippen molar-refractivity contribution < 1.29 is 9.53 Å². The molecule has 2 aliphatic rings. The van der Waals surface area contributed by atoms with E-state index in [0.717, 1.165) is 54.1 Å². The number of rotatable bonds is 7. The number of aromatic amines is 1. The molecule has 0 saturated heterocycles. The predicted octanol–water partition coefficient (Wildman–Crippen LogP) is 5.35. The number of H-pyrrole nitrogens is 1. The van der Waals surface area contributed by atoms with Crippen LogP contribution in [0.15, 0.2) is 21.8 Å². The Morgan fingerprint density at radius 3 is 2.54 bits per heavy atom. The van der Waals surface area contributed by atoms with Gasteiger partial charge >= 0.3 is 0 Å². The number of carbonyl (C=O) groups excluding carboxylic acids is 1. The number of hydrogen-bond donors (Lipinski definition) is 2. The molecule has 1 unspecified atom stereocenters. The second-order valence-corrected chi connectivity index (χ2v) is 11.8. The van der Waals surface area contributed by atoms with E-state index >= 15 is 0 Å². The molecule has 0 radical (unpaired) electrons. The summed E-state index contributed by atoms with van der Waals surface area (Å²) < 4.78 is 6.67. The summed E-state index contributed by atoms with van der Waals surface area (Å²) in [6.07, 6.45) is 6.36.